The summed E-state index contributed by atoms with van der Waals surface area (Å²) in [5.41, 5.74) is 12.3. The molecular formula is C32H27N5O2. The van der Waals surface area contributed by atoms with Crippen LogP contribution in [0.2, 0.25) is 0 Å². The highest BCUT2D eigenvalue weighted by Gasteiger charge is 2.19. The Morgan fingerprint density at radius 1 is 0.897 bits per heavy atom. The number of hydrogen-bond donors (Lipinski definition) is 3. The lowest BCUT2D eigenvalue weighted by Gasteiger charge is -2.17. The molecule has 1 aromatic heterocycles. The van der Waals surface area contributed by atoms with Crippen molar-refractivity contribution in [3.8, 4) is 23.6 Å². The molecule has 7 nitrogen and oxygen atoms in total. The van der Waals surface area contributed by atoms with E-state index in [0.29, 0.717) is 39.6 Å². The molecule has 1 aliphatic carbocycles. The molecule has 0 fully saturated rings. The number of amides is 2. The van der Waals surface area contributed by atoms with Gasteiger partial charge in [0.2, 0.25) is 0 Å². The van der Waals surface area contributed by atoms with Gasteiger partial charge in [-0.3, -0.25) is 14.3 Å². The molecule has 5 rings (SSSR count). The molecule has 192 valence electrons. The quantitative estimate of drug-likeness (QED) is 0.229. The van der Waals surface area contributed by atoms with Gasteiger partial charge in [0, 0.05) is 46.8 Å². The molecule has 0 aliphatic heterocycles. The fourth-order valence-corrected chi connectivity index (χ4v) is 4.41. The fraction of sp³-hybridized carbons (Fsp3) is 0.0938. The number of anilines is 3. The van der Waals surface area contributed by atoms with Crippen molar-refractivity contribution in [3.63, 3.8) is 0 Å². The molecule has 1 heterocycles. The highest BCUT2D eigenvalue weighted by molar-refractivity contribution is 6.15. The van der Waals surface area contributed by atoms with Gasteiger partial charge in [0.25, 0.3) is 11.8 Å². The summed E-state index contributed by atoms with van der Waals surface area (Å²) in [7, 11) is 1.76. The zero-order valence-electron chi connectivity index (χ0n) is 21.4. The molecule has 4 N–H and O–H groups in total. The third-order valence-electron chi connectivity index (χ3n) is 6.47. The van der Waals surface area contributed by atoms with Crippen LogP contribution < -0.4 is 16.4 Å². The second kappa shape index (κ2) is 11.0. The van der Waals surface area contributed by atoms with E-state index in [9.17, 15) is 9.59 Å². The number of rotatable bonds is 6. The average molecular weight is 514 g/mol. The van der Waals surface area contributed by atoms with E-state index in [4.69, 9.17) is 12.2 Å². The van der Waals surface area contributed by atoms with E-state index in [-0.39, 0.29) is 11.8 Å². The van der Waals surface area contributed by atoms with Crippen molar-refractivity contribution in [3.05, 3.63) is 113 Å². The van der Waals surface area contributed by atoms with E-state index in [1.54, 1.807) is 42.1 Å². The molecule has 4 aromatic rings. The summed E-state index contributed by atoms with van der Waals surface area (Å²) in [6.45, 7) is 0. The number of benzene rings is 3. The van der Waals surface area contributed by atoms with Crippen LogP contribution in [0.4, 0.5) is 17.2 Å². The first kappa shape index (κ1) is 25.3. The third kappa shape index (κ3) is 5.65. The van der Waals surface area contributed by atoms with Crippen LogP contribution in [-0.2, 0) is 11.8 Å². The summed E-state index contributed by atoms with van der Waals surface area (Å²) in [4.78, 5) is 25.9. The highest BCUT2D eigenvalue weighted by atomic mass is 16.2. The van der Waals surface area contributed by atoms with Crippen LogP contribution in [0, 0.1) is 12.3 Å². The maximum atomic E-state index is 13.2. The van der Waals surface area contributed by atoms with Gasteiger partial charge >= 0.3 is 0 Å². The molecule has 0 spiro atoms. The van der Waals surface area contributed by atoms with Crippen LogP contribution >= 0.6 is 0 Å². The maximum absolute atomic E-state index is 13.2. The Balaban J connectivity index is 1.27. The van der Waals surface area contributed by atoms with Crippen molar-refractivity contribution in [1.82, 2.24) is 9.78 Å². The summed E-state index contributed by atoms with van der Waals surface area (Å²) >= 11 is 0. The molecule has 3 aromatic carbocycles. The fourth-order valence-electron chi connectivity index (χ4n) is 4.41. The molecule has 0 bridgehead atoms. The van der Waals surface area contributed by atoms with E-state index in [1.807, 2.05) is 54.6 Å². The summed E-state index contributed by atoms with van der Waals surface area (Å²) in [6, 6.07) is 23.7. The molecular weight excluding hydrogens is 486 g/mol. The zero-order valence-corrected chi connectivity index (χ0v) is 21.4. The summed E-state index contributed by atoms with van der Waals surface area (Å²) in [6.07, 6.45) is 11.2. The predicted octanol–water partition coefficient (Wildman–Crippen LogP) is 5.65. The van der Waals surface area contributed by atoms with E-state index in [0.717, 1.165) is 29.5 Å². The van der Waals surface area contributed by atoms with Crippen molar-refractivity contribution < 1.29 is 9.59 Å². The number of nitrogen functional groups attached to an aromatic ring is 1. The van der Waals surface area contributed by atoms with Gasteiger partial charge in [-0.1, -0.05) is 48.4 Å². The number of hydrogen-bond acceptors (Lipinski definition) is 4. The largest absolute Gasteiger partial charge is 0.399 e. The number of terminal acetylenes is 1. The molecule has 0 radical (unpaired) electrons. The first-order valence-electron chi connectivity index (χ1n) is 12.5. The average Bonchev–Trinajstić information content (AvgIpc) is 3.33. The number of carbonyl (C=O) groups is 2. The molecule has 0 saturated carbocycles. The lowest BCUT2D eigenvalue weighted by molar-refractivity contribution is -0.112. The number of aromatic nitrogens is 2. The normalized spacial score (nSPS) is 12.6. The van der Waals surface area contributed by atoms with Crippen molar-refractivity contribution in [2.45, 2.75) is 12.8 Å². The Morgan fingerprint density at radius 2 is 1.62 bits per heavy atom. The topological polar surface area (TPSA) is 102 Å². The molecule has 2 amide bonds. The van der Waals surface area contributed by atoms with E-state index in [1.165, 1.54) is 0 Å². The molecule has 0 atom stereocenters. The van der Waals surface area contributed by atoms with Crippen LogP contribution in [0.25, 0.3) is 16.8 Å². The van der Waals surface area contributed by atoms with Gasteiger partial charge in [-0.05, 0) is 66.4 Å². The van der Waals surface area contributed by atoms with E-state index < -0.39 is 0 Å². The summed E-state index contributed by atoms with van der Waals surface area (Å²) in [5, 5.41) is 10.4. The number of carbonyl (C=O) groups excluding carboxylic acids is 2. The highest BCUT2D eigenvalue weighted by Crippen LogP contribution is 2.30. The van der Waals surface area contributed by atoms with Crippen molar-refractivity contribution in [1.29, 1.82) is 0 Å². The third-order valence-corrected chi connectivity index (χ3v) is 6.47. The van der Waals surface area contributed by atoms with Gasteiger partial charge in [-0.25, -0.2) is 0 Å². The molecule has 1 aliphatic rings. The number of aryl methyl sites for hydroxylation is 1. The van der Waals surface area contributed by atoms with Gasteiger partial charge in [0.15, 0.2) is 0 Å². The summed E-state index contributed by atoms with van der Waals surface area (Å²) in [5.74, 6) is 2.64. The Hall–Kier alpha value is -5.35. The van der Waals surface area contributed by atoms with Gasteiger partial charge < -0.3 is 16.4 Å². The number of nitrogens with zero attached hydrogens (tertiary/aromatic N) is 2. The number of nitrogens with two attached hydrogens (primary N) is 1. The Bertz CT molecular complexity index is 1650. The Labute approximate surface area is 227 Å². The van der Waals surface area contributed by atoms with Crippen LogP contribution in [0.5, 0.6) is 0 Å². The minimum atomic E-state index is -0.274. The first-order chi connectivity index (χ1) is 18.9. The number of nitrogens with one attached hydrogen (secondary N) is 2. The summed E-state index contributed by atoms with van der Waals surface area (Å²) < 4.78 is 1.61. The number of allylic oxidation sites excluding steroid dienone is 2. The molecule has 0 saturated heterocycles. The van der Waals surface area contributed by atoms with Gasteiger partial charge in [-0.2, -0.15) is 5.10 Å². The zero-order chi connectivity index (χ0) is 27.4. The second-order valence-electron chi connectivity index (χ2n) is 9.18. The molecule has 0 unspecified atom stereocenters. The van der Waals surface area contributed by atoms with Crippen LogP contribution in [0.15, 0.2) is 96.6 Å². The smallest absolute Gasteiger partial charge is 0.256 e. The minimum Gasteiger partial charge on any atom is -0.399 e. The lowest BCUT2D eigenvalue weighted by atomic mass is 9.91. The van der Waals surface area contributed by atoms with Crippen LogP contribution in [0.1, 0.15) is 34.3 Å². The second-order valence-corrected chi connectivity index (χ2v) is 9.18. The Morgan fingerprint density at radius 3 is 2.36 bits per heavy atom. The monoisotopic (exact) mass is 513 g/mol. The maximum Gasteiger partial charge on any atom is 0.256 e. The lowest BCUT2D eigenvalue weighted by Crippen LogP contribution is -2.16. The standard InChI is InChI=1S/C32H27N5O2/c1-3-21-7-6-8-24(19-21)31(38)35-30-20-29(36-37(30)2)23-13-17-26(18-14-23)34-32(39)28-10-5-4-9-27(28)22-11-15-25(33)16-12-22/h1,6-20H,4-5,33H2,2H3,(H,34,39)(H,35,38). The minimum absolute atomic E-state index is 0.165. The van der Waals surface area contributed by atoms with Crippen LogP contribution in [0.3, 0.4) is 0 Å². The SMILES string of the molecule is C#Cc1cccc(C(=O)Nc2cc(-c3ccc(NC(=O)C4=CCCC=C4c4ccc(N)cc4)cc3)nn2C)c1. The molecule has 7 heteroatoms. The first-order valence-corrected chi connectivity index (χ1v) is 12.5. The van der Waals surface area contributed by atoms with Crippen molar-refractivity contribution >= 4 is 34.6 Å². The molecule has 39 heavy (non-hydrogen) atoms. The van der Waals surface area contributed by atoms with E-state index >= 15 is 0 Å². The Kier molecular flexibility index (Phi) is 7.11. The van der Waals surface area contributed by atoms with Gasteiger partial charge in [-0.15, -0.1) is 6.42 Å². The van der Waals surface area contributed by atoms with Gasteiger partial charge in [0.05, 0.1) is 5.69 Å². The van der Waals surface area contributed by atoms with Crippen molar-refractivity contribution in [2.24, 2.45) is 7.05 Å². The van der Waals surface area contributed by atoms with Crippen LogP contribution in [-0.4, -0.2) is 21.6 Å². The predicted molar refractivity (Wildman–Crippen MR) is 156 cm³/mol. The van der Waals surface area contributed by atoms with E-state index in [2.05, 4.69) is 27.7 Å². The van der Waals surface area contributed by atoms with Gasteiger partial charge in [0.1, 0.15) is 5.82 Å². The van der Waals surface area contributed by atoms with Crippen molar-refractivity contribution in [2.75, 3.05) is 16.4 Å².